The van der Waals surface area contributed by atoms with Crippen LogP contribution in [0.2, 0.25) is 0 Å². The van der Waals surface area contributed by atoms with Crippen molar-refractivity contribution in [1.82, 2.24) is 5.48 Å². The van der Waals surface area contributed by atoms with Gasteiger partial charge in [0.15, 0.2) is 0 Å². The molecule has 8 heteroatoms. The molecule has 0 saturated carbocycles. The zero-order valence-electron chi connectivity index (χ0n) is 16.5. The van der Waals surface area contributed by atoms with E-state index in [9.17, 15) is 19.2 Å². The Bertz CT molecular complexity index is 893. The van der Waals surface area contributed by atoms with Crippen LogP contribution in [0.5, 0.6) is 5.75 Å². The van der Waals surface area contributed by atoms with Gasteiger partial charge in [-0.1, -0.05) is 24.3 Å². The van der Waals surface area contributed by atoms with E-state index in [1.807, 2.05) is 0 Å². The van der Waals surface area contributed by atoms with Gasteiger partial charge in [0.25, 0.3) is 0 Å². The molecule has 2 N–H and O–H groups in total. The van der Waals surface area contributed by atoms with Crippen LogP contribution in [0.1, 0.15) is 41.3 Å². The fourth-order valence-electron chi connectivity index (χ4n) is 2.74. The first kappa shape index (κ1) is 22.8. The van der Waals surface area contributed by atoms with Crippen LogP contribution < -0.4 is 10.2 Å². The molecule has 2 aromatic carbocycles. The van der Waals surface area contributed by atoms with E-state index in [1.165, 1.54) is 19.1 Å². The molecule has 30 heavy (non-hydrogen) atoms. The third-order valence-electron chi connectivity index (χ3n) is 4.22. The molecule has 0 bridgehead atoms. The highest BCUT2D eigenvalue weighted by atomic mass is 16.6. The van der Waals surface area contributed by atoms with Gasteiger partial charge in [0.2, 0.25) is 5.91 Å². The predicted octanol–water partition coefficient (Wildman–Crippen LogP) is 2.70. The molecular weight excluding hydrogens is 390 g/mol. The van der Waals surface area contributed by atoms with E-state index in [2.05, 4.69) is 5.48 Å². The van der Waals surface area contributed by atoms with Gasteiger partial charge >= 0.3 is 11.9 Å². The van der Waals surface area contributed by atoms with Crippen molar-refractivity contribution in [3.05, 3.63) is 65.2 Å². The van der Waals surface area contributed by atoms with Crippen LogP contribution in [-0.4, -0.2) is 29.2 Å². The summed E-state index contributed by atoms with van der Waals surface area (Å²) in [5.41, 5.74) is 3.98. The number of hydrogen-bond donors (Lipinski definition) is 2. The summed E-state index contributed by atoms with van der Waals surface area (Å²) in [7, 11) is 0. The summed E-state index contributed by atoms with van der Waals surface area (Å²) in [5, 5.41) is 9.03. The maximum Gasteiger partial charge on any atom is 0.335 e. The van der Waals surface area contributed by atoms with Gasteiger partial charge in [-0.3, -0.25) is 14.4 Å². The zero-order chi connectivity index (χ0) is 21.9. The van der Waals surface area contributed by atoms with Crippen molar-refractivity contribution in [3.8, 4) is 5.75 Å². The highest BCUT2D eigenvalue weighted by Gasteiger charge is 2.13. The summed E-state index contributed by atoms with van der Waals surface area (Å²) < 4.78 is 4.93. The van der Waals surface area contributed by atoms with E-state index in [0.717, 1.165) is 17.4 Å². The Balaban J connectivity index is 1.73. The van der Waals surface area contributed by atoms with Crippen LogP contribution in [0.25, 0.3) is 0 Å². The van der Waals surface area contributed by atoms with E-state index in [-0.39, 0.29) is 24.5 Å². The number of aldehydes is 1. The van der Waals surface area contributed by atoms with Gasteiger partial charge in [0.05, 0.1) is 12.2 Å². The Hall–Kier alpha value is -3.52. The Morgan fingerprint density at radius 3 is 2.47 bits per heavy atom. The van der Waals surface area contributed by atoms with Crippen LogP contribution in [-0.2, 0) is 32.2 Å². The number of aromatic carboxylic acids is 1. The predicted molar refractivity (Wildman–Crippen MR) is 107 cm³/mol. The maximum absolute atomic E-state index is 11.9. The Kier molecular flexibility index (Phi) is 8.71. The number of rotatable bonds is 11. The SMILES string of the molecule is CC(=O)Oc1ccc(CONC(=O)CCC(C=O)Cc2cccc(C(=O)O)c2)cc1. The Morgan fingerprint density at radius 2 is 1.83 bits per heavy atom. The number of carboxylic acid groups (broad SMARTS) is 1. The number of esters is 1. The van der Waals surface area contributed by atoms with Crippen LogP contribution in [0.15, 0.2) is 48.5 Å². The third-order valence-corrected chi connectivity index (χ3v) is 4.22. The second-order valence-electron chi connectivity index (χ2n) is 6.70. The molecule has 8 nitrogen and oxygen atoms in total. The van der Waals surface area contributed by atoms with Crippen molar-refractivity contribution in [2.45, 2.75) is 32.8 Å². The van der Waals surface area contributed by atoms with Gasteiger partial charge in [-0.05, 0) is 48.2 Å². The number of carbonyl (C=O) groups excluding carboxylic acids is 3. The van der Waals surface area contributed by atoms with Crippen molar-refractivity contribution in [2.75, 3.05) is 0 Å². The first-order chi connectivity index (χ1) is 14.4. The number of amides is 1. The molecule has 0 saturated heterocycles. The van der Waals surface area contributed by atoms with Crippen LogP contribution in [0.3, 0.4) is 0 Å². The number of nitrogens with one attached hydrogen (secondary N) is 1. The van der Waals surface area contributed by atoms with Gasteiger partial charge in [-0.2, -0.15) is 0 Å². The van der Waals surface area contributed by atoms with Gasteiger partial charge in [0.1, 0.15) is 12.0 Å². The van der Waals surface area contributed by atoms with E-state index in [0.29, 0.717) is 18.6 Å². The third kappa shape index (κ3) is 7.84. The topological polar surface area (TPSA) is 119 Å². The van der Waals surface area contributed by atoms with Crippen molar-refractivity contribution in [2.24, 2.45) is 5.92 Å². The lowest BCUT2D eigenvalue weighted by atomic mass is 9.95. The lowest BCUT2D eigenvalue weighted by molar-refractivity contribution is -0.135. The molecule has 158 valence electrons. The van der Waals surface area contributed by atoms with E-state index >= 15 is 0 Å². The summed E-state index contributed by atoms with van der Waals surface area (Å²) in [6.07, 6.45) is 1.53. The molecule has 1 amide bonds. The van der Waals surface area contributed by atoms with Gasteiger partial charge in [0, 0.05) is 19.3 Å². The summed E-state index contributed by atoms with van der Waals surface area (Å²) >= 11 is 0. The van der Waals surface area contributed by atoms with E-state index in [4.69, 9.17) is 14.7 Å². The fourth-order valence-corrected chi connectivity index (χ4v) is 2.74. The highest BCUT2D eigenvalue weighted by molar-refractivity contribution is 5.87. The van der Waals surface area contributed by atoms with Crippen LogP contribution >= 0.6 is 0 Å². The molecule has 1 unspecified atom stereocenters. The Labute approximate surface area is 173 Å². The maximum atomic E-state index is 11.9. The molecule has 0 fully saturated rings. The average Bonchev–Trinajstić information content (AvgIpc) is 2.72. The van der Waals surface area contributed by atoms with Crippen LogP contribution in [0.4, 0.5) is 0 Å². The lowest BCUT2D eigenvalue weighted by Crippen LogP contribution is -2.24. The minimum absolute atomic E-state index is 0.0907. The molecular formula is C22H23NO7. The molecule has 0 heterocycles. The van der Waals surface area contributed by atoms with Crippen LogP contribution in [0, 0.1) is 5.92 Å². The van der Waals surface area contributed by atoms with Crippen molar-refractivity contribution < 1.29 is 33.9 Å². The second kappa shape index (κ2) is 11.5. The standard InChI is InChI=1S/C22H23NO7/c1-15(25)30-20-8-5-16(6-9-20)14-29-23-21(26)10-7-18(13-24)11-17-3-2-4-19(12-17)22(27)28/h2-6,8-9,12-13,18H,7,10-11,14H2,1H3,(H,23,26)(H,27,28). The minimum Gasteiger partial charge on any atom is -0.478 e. The largest absolute Gasteiger partial charge is 0.478 e. The zero-order valence-corrected chi connectivity index (χ0v) is 16.5. The number of carboxylic acids is 1. The smallest absolute Gasteiger partial charge is 0.335 e. The summed E-state index contributed by atoms with van der Waals surface area (Å²) in [5.74, 6) is -1.79. The number of benzene rings is 2. The molecule has 0 aliphatic heterocycles. The molecule has 2 rings (SSSR count). The van der Waals surface area contributed by atoms with Crippen molar-refractivity contribution in [1.29, 1.82) is 0 Å². The molecule has 0 aliphatic rings. The average molecular weight is 413 g/mol. The summed E-state index contributed by atoms with van der Waals surface area (Å²) in [4.78, 5) is 50.3. The van der Waals surface area contributed by atoms with Gasteiger partial charge in [-0.15, -0.1) is 0 Å². The minimum atomic E-state index is -1.03. The number of hydrogen-bond acceptors (Lipinski definition) is 6. The normalized spacial score (nSPS) is 11.4. The van der Waals surface area contributed by atoms with Crippen molar-refractivity contribution in [3.63, 3.8) is 0 Å². The van der Waals surface area contributed by atoms with E-state index in [1.54, 1.807) is 36.4 Å². The lowest BCUT2D eigenvalue weighted by Gasteiger charge is -2.11. The molecule has 1 atom stereocenters. The molecule has 0 spiro atoms. The molecule has 2 aromatic rings. The Morgan fingerprint density at radius 1 is 1.10 bits per heavy atom. The first-order valence-electron chi connectivity index (χ1n) is 9.33. The molecule has 0 radical (unpaired) electrons. The number of carbonyl (C=O) groups is 4. The second-order valence-corrected chi connectivity index (χ2v) is 6.70. The van der Waals surface area contributed by atoms with Gasteiger partial charge < -0.3 is 14.6 Å². The highest BCUT2D eigenvalue weighted by Crippen LogP contribution is 2.15. The van der Waals surface area contributed by atoms with E-state index < -0.39 is 17.9 Å². The molecule has 0 aliphatic carbocycles. The summed E-state index contributed by atoms with van der Waals surface area (Å²) in [6.45, 7) is 1.44. The molecule has 0 aromatic heterocycles. The number of hydroxylamine groups is 1. The number of ether oxygens (including phenoxy) is 1. The fraction of sp³-hybridized carbons (Fsp3) is 0.273. The first-order valence-corrected chi connectivity index (χ1v) is 9.33. The van der Waals surface area contributed by atoms with Crippen molar-refractivity contribution >= 4 is 24.1 Å². The van der Waals surface area contributed by atoms with Gasteiger partial charge in [-0.25, -0.2) is 10.3 Å². The monoisotopic (exact) mass is 413 g/mol. The quantitative estimate of drug-likeness (QED) is 0.252. The summed E-state index contributed by atoms with van der Waals surface area (Å²) in [6, 6.07) is 13.0.